The topological polar surface area (TPSA) is 73.9 Å². The van der Waals surface area contributed by atoms with Gasteiger partial charge in [0.05, 0.1) is 19.8 Å². The summed E-state index contributed by atoms with van der Waals surface area (Å²) >= 11 is 0. The number of cyclic esters (lactones) is 1. The summed E-state index contributed by atoms with van der Waals surface area (Å²) in [4.78, 5) is 24.8. The van der Waals surface area contributed by atoms with Gasteiger partial charge in [-0.3, -0.25) is 4.79 Å². The molecule has 0 spiro atoms. The quantitative estimate of drug-likeness (QED) is 0.830. The second-order valence-electron chi connectivity index (χ2n) is 7.28. The van der Waals surface area contributed by atoms with Gasteiger partial charge in [-0.25, -0.2) is 4.79 Å². The van der Waals surface area contributed by atoms with Gasteiger partial charge in [-0.05, 0) is 43.1 Å². The van der Waals surface area contributed by atoms with Crippen molar-refractivity contribution in [2.45, 2.75) is 38.7 Å². The largest absolute Gasteiger partial charge is 0.493 e. The van der Waals surface area contributed by atoms with Gasteiger partial charge in [-0.15, -0.1) is 0 Å². The predicted octanol–water partition coefficient (Wildman–Crippen LogP) is 3.14. The van der Waals surface area contributed by atoms with Crippen LogP contribution in [0.25, 0.3) is 0 Å². The van der Waals surface area contributed by atoms with Crippen molar-refractivity contribution in [2.24, 2.45) is 17.8 Å². The molecule has 0 unspecified atom stereocenters. The van der Waals surface area contributed by atoms with Crippen molar-refractivity contribution in [3.05, 3.63) is 17.2 Å². The molecule has 3 aliphatic rings. The number of carbonyl (C=O) groups excluding carboxylic acids is 2. The molecule has 25 heavy (non-hydrogen) atoms. The normalized spacial score (nSPS) is 26.3. The molecule has 2 saturated carbocycles. The SMILES string of the molecule is COc1cc2c(c(NC(=O)C[C@H]3C[C@H]4CC[C@@H]3C4)c1OC)C(=O)OC2. The highest BCUT2D eigenvalue weighted by Gasteiger charge is 2.40. The summed E-state index contributed by atoms with van der Waals surface area (Å²) in [5.74, 6) is 2.26. The minimum atomic E-state index is -0.439. The Morgan fingerprint density at radius 3 is 2.76 bits per heavy atom. The number of methoxy groups -OCH3 is 2. The molecule has 1 heterocycles. The molecule has 3 atom stereocenters. The molecule has 1 aromatic rings. The van der Waals surface area contributed by atoms with Crippen molar-refractivity contribution in [3.63, 3.8) is 0 Å². The van der Waals surface area contributed by atoms with Gasteiger partial charge in [-0.1, -0.05) is 6.42 Å². The Kier molecular flexibility index (Phi) is 4.06. The van der Waals surface area contributed by atoms with Crippen LogP contribution in [0.2, 0.25) is 0 Å². The summed E-state index contributed by atoms with van der Waals surface area (Å²) in [6, 6.07) is 1.73. The number of hydrogen-bond donors (Lipinski definition) is 1. The zero-order valence-electron chi connectivity index (χ0n) is 14.6. The zero-order chi connectivity index (χ0) is 17.6. The molecule has 2 aliphatic carbocycles. The highest BCUT2D eigenvalue weighted by molar-refractivity contribution is 6.06. The van der Waals surface area contributed by atoms with E-state index in [-0.39, 0.29) is 12.5 Å². The number of hydrogen-bond acceptors (Lipinski definition) is 5. The molecule has 4 rings (SSSR count). The van der Waals surface area contributed by atoms with Gasteiger partial charge in [0.15, 0.2) is 11.5 Å². The summed E-state index contributed by atoms with van der Waals surface area (Å²) in [5, 5.41) is 2.91. The van der Waals surface area contributed by atoms with E-state index < -0.39 is 5.97 Å². The lowest BCUT2D eigenvalue weighted by atomic mass is 9.86. The Labute approximate surface area is 146 Å². The lowest BCUT2D eigenvalue weighted by Crippen LogP contribution is -2.21. The molecule has 0 radical (unpaired) electrons. The minimum absolute atomic E-state index is 0.0778. The van der Waals surface area contributed by atoms with Crippen LogP contribution in [-0.2, 0) is 16.1 Å². The second-order valence-corrected chi connectivity index (χ2v) is 7.28. The highest BCUT2D eigenvalue weighted by atomic mass is 16.5. The average Bonchev–Trinajstić information content (AvgIpc) is 3.30. The number of rotatable bonds is 5. The van der Waals surface area contributed by atoms with E-state index in [0.717, 1.165) is 12.3 Å². The number of nitrogens with one attached hydrogen (secondary N) is 1. The van der Waals surface area contributed by atoms with Crippen LogP contribution in [-0.4, -0.2) is 26.1 Å². The van der Waals surface area contributed by atoms with Crippen molar-refractivity contribution >= 4 is 17.6 Å². The monoisotopic (exact) mass is 345 g/mol. The summed E-state index contributed by atoms with van der Waals surface area (Å²) < 4.78 is 15.9. The van der Waals surface area contributed by atoms with E-state index in [4.69, 9.17) is 14.2 Å². The average molecular weight is 345 g/mol. The Bertz CT molecular complexity index is 729. The molecule has 2 fully saturated rings. The first-order valence-corrected chi connectivity index (χ1v) is 8.85. The van der Waals surface area contributed by atoms with E-state index >= 15 is 0 Å². The molecular weight excluding hydrogens is 322 g/mol. The lowest BCUT2D eigenvalue weighted by molar-refractivity contribution is -0.117. The Hall–Kier alpha value is -2.24. The maximum Gasteiger partial charge on any atom is 0.341 e. The summed E-state index contributed by atoms with van der Waals surface area (Å²) in [7, 11) is 3.03. The molecule has 0 saturated heterocycles. The van der Waals surface area contributed by atoms with Crippen molar-refractivity contribution in [2.75, 3.05) is 19.5 Å². The summed E-state index contributed by atoms with van der Waals surface area (Å²) in [6.45, 7) is 0.184. The molecule has 1 aliphatic heterocycles. The fraction of sp³-hybridized carbons (Fsp3) is 0.579. The van der Waals surface area contributed by atoms with Crippen molar-refractivity contribution in [3.8, 4) is 11.5 Å². The molecule has 1 aromatic carbocycles. The summed E-state index contributed by atoms with van der Waals surface area (Å²) in [6.07, 6.45) is 5.46. The van der Waals surface area contributed by atoms with E-state index in [1.54, 1.807) is 6.07 Å². The number of benzene rings is 1. The molecule has 134 valence electrons. The van der Waals surface area contributed by atoms with Gasteiger partial charge in [0.2, 0.25) is 5.91 Å². The van der Waals surface area contributed by atoms with E-state index in [1.807, 2.05) is 0 Å². The Balaban J connectivity index is 1.59. The van der Waals surface area contributed by atoms with Crippen molar-refractivity contribution in [1.82, 2.24) is 0 Å². The number of carbonyl (C=O) groups is 2. The first-order valence-electron chi connectivity index (χ1n) is 8.85. The molecular formula is C19H23NO5. The van der Waals surface area contributed by atoms with Gasteiger partial charge in [-0.2, -0.15) is 0 Å². The first kappa shape index (κ1) is 16.2. The van der Waals surface area contributed by atoms with Crippen LogP contribution in [0, 0.1) is 17.8 Å². The maximum absolute atomic E-state index is 12.7. The van der Waals surface area contributed by atoms with Crippen LogP contribution < -0.4 is 14.8 Å². The fourth-order valence-corrected chi connectivity index (χ4v) is 4.78. The molecule has 1 N–H and O–H groups in total. The number of amides is 1. The van der Waals surface area contributed by atoms with Crippen LogP contribution >= 0.6 is 0 Å². The van der Waals surface area contributed by atoms with E-state index in [0.29, 0.717) is 46.6 Å². The molecule has 6 nitrogen and oxygen atoms in total. The second kappa shape index (κ2) is 6.24. The number of esters is 1. The van der Waals surface area contributed by atoms with Gasteiger partial charge in [0, 0.05) is 12.0 Å². The van der Waals surface area contributed by atoms with Gasteiger partial charge in [0.1, 0.15) is 12.3 Å². The Morgan fingerprint density at radius 1 is 1.28 bits per heavy atom. The lowest BCUT2D eigenvalue weighted by Gasteiger charge is -2.22. The van der Waals surface area contributed by atoms with Gasteiger partial charge >= 0.3 is 5.97 Å². The number of anilines is 1. The van der Waals surface area contributed by atoms with E-state index in [9.17, 15) is 9.59 Å². The summed E-state index contributed by atoms with van der Waals surface area (Å²) in [5.41, 5.74) is 1.45. The Morgan fingerprint density at radius 2 is 2.12 bits per heavy atom. The van der Waals surface area contributed by atoms with Crippen LogP contribution in [0.3, 0.4) is 0 Å². The first-order chi connectivity index (χ1) is 12.1. The smallest absolute Gasteiger partial charge is 0.341 e. The predicted molar refractivity (Wildman–Crippen MR) is 90.9 cm³/mol. The molecule has 6 heteroatoms. The van der Waals surface area contributed by atoms with Gasteiger partial charge in [0.25, 0.3) is 0 Å². The maximum atomic E-state index is 12.7. The number of ether oxygens (including phenoxy) is 3. The third-order valence-electron chi connectivity index (χ3n) is 5.91. The van der Waals surface area contributed by atoms with Crippen LogP contribution in [0.1, 0.15) is 48.0 Å². The van der Waals surface area contributed by atoms with E-state index in [1.165, 1.54) is 33.5 Å². The van der Waals surface area contributed by atoms with E-state index in [2.05, 4.69) is 5.32 Å². The number of fused-ring (bicyclic) bond motifs is 3. The fourth-order valence-electron chi connectivity index (χ4n) is 4.78. The van der Waals surface area contributed by atoms with Crippen LogP contribution in [0.15, 0.2) is 6.07 Å². The highest BCUT2D eigenvalue weighted by Crippen LogP contribution is 2.50. The molecule has 2 bridgehead atoms. The molecule has 1 amide bonds. The third-order valence-corrected chi connectivity index (χ3v) is 5.91. The third kappa shape index (κ3) is 2.73. The van der Waals surface area contributed by atoms with Crippen molar-refractivity contribution < 1.29 is 23.8 Å². The van der Waals surface area contributed by atoms with Gasteiger partial charge < -0.3 is 19.5 Å². The van der Waals surface area contributed by atoms with Crippen LogP contribution in [0.5, 0.6) is 11.5 Å². The standard InChI is InChI=1S/C19H23NO5/c1-23-14-7-13-9-25-19(22)16(13)17(18(14)24-2)20-15(21)8-12-6-10-3-4-11(12)5-10/h7,10-12H,3-6,8-9H2,1-2H3,(H,20,21)/t10-,11+,12+/m0/s1. The zero-order valence-corrected chi connectivity index (χ0v) is 14.6. The van der Waals surface area contributed by atoms with Crippen molar-refractivity contribution in [1.29, 1.82) is 0 Å². The molecule has 0 aromatic heterocycles. The minimum Gasteiger partial charge on any atom is -0.493 e. The van der Waals surface area contributed by atoms with Crippen LogP contribution in [0.4, 0.5) is 5.69 Å².